The van der Waals surface area contributed by atoms with Gasteiger partial charge in [-0.25, -0.2) is 0 Å². The molecule has 0 amide bonds. The predicted octanol–water partition coefficient (Wildman–Crippen LogP) is 0.769. The Bertz CT molecular complexity index is 1300. The monoisotopic (exact) mass is 682 g/mol. The van der Waals surface area contributed by atoms with Gasteiger partial charge < -0.3 is 50.3 Å². The molecule has 48 heavy (non-hydrogen) atoms. The van der Waals surface area contributed by atoms with Gasteiger partial charge in [0.25, 0.3) is 0 Å². The van der Waals surface area contributed by atoms with Gasteiger partial charge in [0.15, 0.2) is 12.1 Å². The minimum Gasteiger partial charge on any atom is -0.394 e. The van der Waals surface area contributed by atoms with Gasteiger partial charge in [0.2, 0.25) is 0 Å². The first-order chi connectivity index (χ1) is 21.9. The summed E-state index contributed by atoms with van der Waals surface area (Å²) in [5.41, 5.74) is -5.61. The topological polar surface area (TPSA) is 214 Å². The zero-order valence-corrected chi connectivity index (χ0v) is 29.6. The van der Waals surface area contributed by atoms with Crippen LogP contribution in [-0.2, 0) is 19.1 Å². The van der Waals surface area contributed by atoms with Crippen molar-refractivity contribution in [2.45, 2.75) is 154 Å². The van der Waals surface area contributed by atoms with Crippen LogP contribution in [0.3, 0.4) is 0 Å². The molecule has 0 radical (unpaired) electrons. The van der Waals surface area contributed by atoms with Crippen LogP contribution >= 0.6 is 0 Å². The minimum absolute atomic E-state index is 0.0121. The van der Waals surface area contributed by atoms with Crippen molar-refractivity contribution in [2.24, 2.45) is 39.4 Å². The summed E-state index contributed by atoms with van der Waals surface area (Å²) < 4.78 is 11.8. The Balaban J connectivity index is 1.49. The molecule has 0 aromatic carbocycles. The summed E-state index contributed by atoms with van der Waals surface area (Å²) in [7, 11) is 0. The SMILES string of the molecule is CC(C)(O)CCC(=O)[C@](C)(O)[C@H]1[C@H](O)C[C@@]2(C)[C@@H]3CC=C4[C@@H](C[C@H](O[C@@H]5O[C@H](CO)[C@@H](O)[C@H](O)[C@H]5O)[C@@H](O)C4(C)C)[C@]3(C)C(=O)C[C@]12C. The lowest BCUT2D eigenvalue weighted by atomic mass is 9.38. The fourth-order valence-corrected chi connectivity index (χ4v) is 10.9. The maximum Gasteiger partial charge on any atom is 0.187 e. The fraction of sp³-hybridized carbons (Fsp3) is 0.889. The molecule has 4 aliphatic carbocycles. The Kier molecular flexibility index (Phi) is 9.59. The van der Waals surface area contributed by atoms with Crippen molar-refractivity contribution in [3.8, 4) is 0 Å². The van der Waals surface area contributed by atoms with E-state index in [4.69, 9.17) is 9.47 Å². The number of Topliss-reactive ketones (excluding diaryl/α,β-unsaturated/α-hetero) is 2. The average molecular weight is 683 g/mol. The second kappa shape index (κ2) is 12.1. The maximum absolute atomic E-state index is 14.7. The van der Waals surface area contributed by atoms with E-state index in [2.05, 4.69) is 6.08 Å². The largest absolute Gasteiger partial charge is 0.394 e. The van der Waals surface area contributed by atoms with Gasteiger partial charge in [-0.05, 0) is 69.1 Å². The van der Waals surface area contributed by atoms with Gasteiger partial charge in [0.05, 0.1) is 30.5 Å². The summed E-state index contributed by atoms with van der Waals surface area (Å²) in [4.78, 5) is 28.2. The van der Waals surface area contributed by atoms with E-state index in [0.29, 0.717) is 6.42 Å². The lowest BCUT2D eigenvalue weighted by Crippen LogP contribution is -2.66. The van der Waals surface area contributed by atoms with Gasteiger partial charge >= 0.3 is 0 Å². The number of carbonyl (C=O) groups is 2. The standard InChI is InChI=1S/C36H58O12/c1-31(2,45)12-11-23(39)36(8,46)28-19(38)14-33(5)22-10-9-17-18(35(22,7)24(40)15-34(28,33)6)13-20(29(44)32(17,3)4)47-30-27(43)26(42)25(41)21(16-37)48-30/h9,18-22,25-30,37-38,41-46H,10-16H2,1-8H3/t18-,19-,20+,21-,22+,25-,26+,27-,28+,29-,30-,33+,34-,35+,36+/m1/s1. The molecule has 1 heterocycles. The van der Waals surface area contributed by atoms with Gasteiger partial charge in [-0.3, -0.25) is 9.59 Å². The van der Waals surface area contributed by atoms with Gasteiger partial charge in [0.1, 0.15) is 35.8 Å². The van der Waals surface area contributed by atoms with Crippen LogP contribution in [0.1, 0.15) is 93.9 Å². The highest BCUT2D eigenvalue weighted by Gasteiger charge is 2.74. The quantitative estimate of drug-likeness (QED) is 0.167. The second-order valence-corrected chi connectivity index (χ2v) is 17.6. The van der Waals surface area contributed by atoms with Crippen LogP contribution in [0, 0.1) is 39.4 Å². The zero-order valence-electron chi connectivity index (χ0n) is 29.6. The molecule has 0 aromatic rings. The molecule has 15 atom stereocenters. The summed E-state index contributed by atoms with van der Waals surface area (Å²) in [5, 5.41) is 86.4. The van der Waals surface area contributed by atoms with Gasteiger partial charge in [-0.15, -0.1) is 0 Å². The lowest BCUT2D eigenvalue weighted by molar-refractivity contribution is -0.323. The van der Waals surface area contributed by atoms with Crippen molar-refractivity contribution >= 4 is 11.6 Å². The van der Waals surface area contributed by atoms with Gasteiger partial charge in [0, 0.05) is 29.6 Å². The van der Waals surface area contributed by atoms with Crippen LogP contribution in [-0.4, -0.2) is 119 Å². The Morgan fingerprint density at radius 1 is 0.979 bits per heavy atom. The first kappa shape index (κ1) is 37.9. The Morgan fingerprint density at radius 2 is 1.60 bits per heavy atom. The van der Waals surface area contributed by atoms with Crippen LogP contribution in [0.4, 0.5) is 0 Å². The number of hydrogen-bond donors (Lipinski definition) is 8. The Hall–Kier alpha value is -1.32. The summed E-state index contributed by atoms with van der Waals surface area (Å²) in [6.45, 7) is 13.6. The molecule has 5 rings (SSSR count). The normalized spacial score (nSPS) is 48.5. The van der Waals surface area contributed by atoms with Crippen molar-refractivity contribution in [3.63, 3.8) is 0 Å². The number of fused-ring (bicyclic) bond motifs is 5. The molecule has 12 heteroatoms. The van der Waals surface area contributed by atoms with Gasteiger partial charge in [-0.1, -0.05) is 46.3 Å². The first-order valence-electron chi connectivity index (χ1n) is 17.4. The number of ether oxygens (including phenoxy) is 2. The van der Waals surface area contributed by atoms with Gasteiger partial charge in [-0.2, -0.15) is 0 Å². The molecule has 4 fully saturated rings. The highest BCUT2D eigenvalue weighted by Crippen LogP contribution is 2.74. The summed E-state index contributed by atoms with van der Waals surface area (Å²) >= 11 is 0. The first-order valence-corrected chi connectivity index (χ1v) is 17.4. The van der Waals surface area contributed by atoms with Crippen LogP contribution in [0.2, 0.25) is 0 Å². The van der Waals surface area contributed by atoms with Crippen LogP contribution in [0.5, 0.6) is 0 Å². The number of allylic oxidation sites excluding steroid dienone is 1. The highest BCUT2D eigenvalue weighted by atomic mass is 16.7. The van der Waals surface area contributed by atoms with E-state index in [1.165, 1.54) is 6.92 Å². The number of ketones is 2. The molecule has 0 spiro atoms. The molecule has 1 saturated heterocycles. The molecule has 8 N–H and O–H groups in total. The van der Waals surface area contributed by atoms with Crippen molar-refractivity contribution in [1.29, 1.82) is 0 Å². The number of aliphatic hydroxyl groups excluding tert-OH is 6. The number of aliphatic hydroxyl groups is 8. The molecule has 0 unspecified atom stereocenters. The minimum atomic E-state index is -1.94. The second-order valence-electron chi connectivity index (χ2n) is 17.6. The fourth-order valence-electron chi connectivity index (χ4n) is 10.9. The van der Waals surface area contributed by atoms with E-state index in [9.17, 15) is 50.4 Å². The molecule has 5 aliphatic rings. The average Bonchev–Trinajstić information content (AvgIpc) is 3.19. The molecular formula is C36H58O12. The van der Waals surface area contributed by atoms with Crippen LogP contribution < -0.4 is 0 Å². The third-order valence-corrected chi connectivity index (χ3v) is 13.9. The van der Waals surface area contributed by atoms with Crippen molar-refractivity contribution in [1.82, 2.24) is 0 Å². The molecule has 3 saturated carbocycles. The maximum atomic E-state index is 14.7. The molecule has 12 nitrogen and oxygen atoms in total. The highest BCUT2D eigenvalue weighted by molar-refractivity contribution is 5.90. The predicted molar refractivity (Wildman–Crippen MR) is 172 cm³/mol. The summed E-state index contributed by atoms with van der Waals surface area (Å²) in [6.07, 6.45) is -7.54. The molecular weight excluding hydrogens is 624 g/mol. The third kappa shape index (κ3) is 5.48. The molecule has 274 valence electrons. The number of rotatable bonds is 8. The number of carbonyl (C=O) groups excluding carboxylic acids is 2. The summed E-state index contributed by atoms with van der Waals surface area (Å²) in [5.74, 6) is -2.19. The molecule has 0 aromatic heterocycles. The van der Waals surface area contributed by atoms with Crippen molar-refractivity contribution in [3.05, 3.63) is 11.6 Å². The van der Waals surface area contributed by atoms with E-state index < -0.39 is 106 Å². The van der Waals surface area contributed by atoms with Crippen LogP contribution in [0.15, 0.2) is 11.6 Å². The summed E-state index contributed by atoms with van der Waals surface area (Å²) in [6, 6.07) is 0. The third-order valence-electron chi connectivity index (χ3n) is 13.9. The van der Waals surface area contributed by atoms with E-state index in [1.807, 2.05) is 34.6 Å². The Labute approximate surface area is 283 Å². The van der Waals surface area contributed by atoms with E-state index in [0.717, 1.165) is 5.57 Å². The van der Waals surface area contributed by atoms with Crippen molar-refractivity contribution in [2.75, 3.05) is 6.61 Å². The molecule has 1 aliphatic heterocycles. The lowest BCUT2D eigenvalue weighted by Gasteiger charge is -2.65. The zero-order chi connectivity index (χ0) is 36.2. The van der Waals surface area contributed by atoms with E-state index >= 15 is 0 Å². The van der Waals surface area contributed by atoms with E-state index in [1.54, 1.807) is 13.8 Å². The Morgan fingerprint density at radius 3 is 2.19 bits per heavy atom. The van der Waals surface area contributed by atoms with Crippen LogP contribution in [0.25, 0.3) is 0 Å². The molecule has 0 bridgehead atoms. The van der Waals surface area contributed by atoms with Crippen molar-refractivity contribution < 1.29 is 59.9 Å². The smallest absolute Gasteiger partial charge is 0.187 e. The van der Waals surface area contributed by atoms with E-state index in [-0.39, 0.29) is 43.8 Å². The number of hydrogen-bond acceptors (Lipinski definition) is 12.